The average Bonchev–Trinajstić information content (AvgIpc) is 3.00. The number of fused-ring (bicyclic) bond motifs is 1. The predicted molar refractivity (Wildman–Crippen MR) is 79.8 cm³/mol. The van der Waals surface area contributed by atoms with Crippen molar-refractivity contribution in [3.8, 4) is 0 Å². The monoisotopic (exact) mass is 297 g/mol. The fourth-order valence-electron chi connectivity index (χ4n) is 3.43. The van der Waals surface area contributed by atoms with E-state index >= 15 is 0 Å². The van der Waals surface area contributed by atoms with Crippen LogP contribution in [0, 0.1) is 11.8 Å². The van der Waals surface area contributed by atoms with Crippen LogP contribution in [-0.4, -0.2) is 61.0 Å². The van der Waals surface area contributed by atoms with Crippen LogP contribution in [0.5, 0.6) is 0 Å². The van der Waals surface area contributed by atoms with Gasteiger partial charge in [-0.3, -0.25) is 9.69 Å². The van der Waals surface area contributed by atoms with E-state index in [4.69, 9.17) is 9.47 Å². The Bertz CT molecular complexity index is 407. The third-order valence-electron chi connectivity index (χ3n) is 4.69. The highest BCUT2D eigenvalue weighted by Crippen LogP contribution is 2.29. The van der Waals surface area contributed by atoms with Crippen LogP contribution >= 0.6 is 0 Å². The number of aliphatic hydroxyl groups is 1. The minimum atomic E-state index is -0.337. The first-order chi connectivity index (χ1) is 9.95. The Labute approximate surface area is 126 Å². The van der Waals surface area contributed by atoms with E-state index in [2.05, 4.69) is 11.0 Å². The Balaban J connectivity index is 1.91. The highest BCUT2D eigenvalue weighted by molar-refractivity contribution is 5.73. The first kappa shape index (κ1) is 16.5. The van der Waals surface area contributed by atoms with Gasteiger partial charge in [0.1, 0.15) is 6.61 Å². The van der Waals surface area contributed by atoms with Crippen LogP contribution in [0.15, 0.2) is 11.6 Å². The van der Waals surface area contributed by atoms with E-state index in [1.54, 1.807) is 7.11 Å². The third-order valence-corrected chi connectivity index (χ3v) is 4.69. The highest BCUT2D eigenvalue weighted by Gasteiger charge is 2.39. The molecule has 0 spiro atoms. The van der Waals surface area contributed by atoms with Crippen LogP contribution < -0.4 is 0 Å². The summed E-state index contributed by atoms with van der Waals surface area (Å²) in [6, 6.07) is 0.0372. The van der Waals surface area contributed by atoms with E-state index in [0.717, 1.165) is 25.1 Å². The lowest BCUT2D eigenvalue weighted by molar-refractivity contribution is -0.154. The normalized spacial score (nSPS) is 28.4. The number of nitrogens with zero attached hydrogens (tertiary/aromatic N) is 1. The van der Waals surface area contributed by atoms with Gasteiger partial charge in [0.05, 0.1) is 24.2 Å². The fraction of sp³-hybridized carbons (Fsp3) is 0.812. The van der Waals surface area contributed by atoms with E-state index in [1.807, 2.05) is 20.8 Å². The van der Waals surface area contributed by atoms with Crippen molar-refractivity contribution in [3.05, 3.63) is 11.6 Å². The molecule has 0 bridgehead atoms. The van der Waals surface area contributed by atoms with Crippen molar-refractivity contribution in [3.63, 3.8) is 0 Å². The van der Waals surface area contributed by atoms with Gasteiger partial charge in [-0.15, -0.1) is 0 Å². The van der Waals surface area contributed by atoms with Crippen LogP contribution in [0.4, 0.5) is 0 Å². The molecule has 2 aliphatic heterocycles. The molecule has 0 amide bonds. The van der Waals surface area contributed by atoms with Gasteiger partial charge in [0.2, 0.25) is 0 Å². The van der Waals surface area contributed by atoms with E-state index in [9.17, 15) is 9.90 Å². The van der Waals surface area contributed by atoms with E-state index in [-0.39, 0.29) is 42.7 Å². The van der Waals surface area contributed by atoms with Crippen molar-refractivity contribution in [1.82, 2.24) is 4.90 Å². The molecular weight excluding hydrogens is 270 g/mol. The van der Waals surface area contributed by atoms with Crippen molar-refractivity contribution in [2.45, 2.75) is 45.4 Å². The number of hydrogen-bond acceptors (Lipinski definition) is 5. The largest absolute Gasteiger partial charge is 0.461 e. The molecule has 4 atom stereocenters. The molecule has 0 unspecified atom stereocenters. The molecule has 0 aliphatic carbocycles. The number of methoxy groups -OCH3 is 1. The van der Waals surface area contributed by atoms with Crippen LogP contribution in [0.3, 0.4) is 0 Å². The van der Waals surface area contributed by atoms with Crippen molar-refractivity contribution in [2.75, 3.05) is 26.8 Å². The van der Waals surface area contributed by atoms with Gasteiger partial charge in [0.25, 0.3) is 0 Å². The molecule has 1 N–H and O–H groups in total. The SMILES string of the molecule is CO[C@@H](C)[C@@H](C(=O)OCC1=CCN2CC[C@@H](O)[C@@H]12)C(C)C. The average molecular weight is 297 g/mol. The van der Waals surface area contributed by atoms with Gasteiger partial charge in [-0.05, 0) is 24.8 Å². The maximum atomic E-state index is 12.3. The standard InChI is InChI=1S/C16H27NO4/c1-10(2)14(11(3)20-4)16(19)21-9-12-5-7-17-8-6-13(18)15(12)17/h5,10-11,13-15,18H,6-9H2,1-4H3/t11-,13+,14-,15+/m0/s1. The summed E-state index contributed by atoms with van der Waals surface area (Å²) in [6.07, 6.45) is 2.37. The van der Waals surface area contributed by atoms with Gasteiger partial charge in [0, 0.05) is 20.2 Å². The van der Waals surface area contributed by atoms with E-state index in [0.29, 0.717) is 0 Å². The summed E-state index contributed by atoms with van der Waals surface area (Å²) in [7, 11) is 1.61. The second kappa shape index (κ2) is 6.90. The Morgan fingerprint density at radius 3 is 2.81 bits per heavy atom. The zero-order valence-corrected chi connectivity index (χ0v) is 13.4. The highest BCUT2D eigenvalue weighted by atomic mass is 16.5. The Hall–Kier alpha value is -0.910. The van der Waals surface area contributed by atoms with Crippen molar-refractivity contribution in [1.29, 1.82) is 0 Å². The minimum Gasteiger partial charge on any atom is -0.461 e. The zero-order valence-electron chi connectivity index (χ0n) is 13.4. The zero-order chi connectivity index (χ0) is 15.6. The molecule has 120 valence electrons. The molecule has 5 heteroatoms. The maximum absolute atomic E-state index is 12.3. The first-order valence-corrected chi connectivity index (χ1v) is 7.76. The molecule has 0 saturated carbocycles. The van der Waals surface area contributed by atoms with Crippen molar-refractivity contribution in [2.24, 2.45) is 11.8 Å². The Morgan fingerprint density at radius 2 is 2.19 bits per heavy atom. The number of hydrogen-bond donors (Lipinski definition) is 1. The predicted octanol–water partition coefficient (Wildman–Crippen LogP) is 1.21. The molecule has 0 aromatic rings. The summed E-state index contributed by atoms with van der Waals surface area (Å²) in [5.74, 6) is -0.314. The summed E-state index contributed by atoms with van der Waals surface area (Å²) >= 11 is 0. The molecule has 2 heterocycles. The fourth-order valence-corrected chi connectivity index (χ4v) is 3.43. The summed E-state index contributed by atoms with van der Waals surface area (Å²) in [5.41, 5.74) is 1.03. The second-order valence-corrected chi connectivity index (χ2v) is 6.39. The second-order valence-electron chi connectivity index (χ2n) is 6.39. The number of carbonyl (C=O) groups is 1. The minimum absolute atomic E-state index is 0.0372. The third kappa shape index (κ3) is 3.47. The van der Waals surface area contributed by atoms with Gasteiger partial charge in [0.15, 0.2) is 0 Å². The van der Waals surface area contributed by atoms with Gasteiger partial charge >= 0.3 is 5.97 Å². The molecule has 21 heavy (non-hydrogen) atoms. The van der Waals surface area contributed by atoms with Gasteiger partial charge in [-0.2, -0.15) is 0 Å². The van der Waals surface area contributed by atoms with Gasteiger partial charge < -0.3 is 14.6 Å². The molecule has 0 aromatic carbocycles. The number of esters is 1. The molecule has 2 aliphatic rings. The summed E-state index contributed by atoms with van der Waals surface area (Å²) in [6.45, 7) is 7.92. The van der Waals surface area contributed by atoms with Crippen LogP contribution in [0.25, 0.3) is 0 Å². The lowest BCUT2D eigenvalue weighted by Gasteiger charge is -2.26. The van der Waals surface area contributed by atoms with Crippen molar-refractivity contribution < 1.29 is 19.4 Å². The smallest absolute Gasteiger partial charge is 0.312 e. The molecule has 1 fully saturated rings. The van der Waals surface area contributed by atoms with Crippen molar-refractivity contribution >= 4 is 5.97 Å². The summed E-state index contributed by atoms with van der Waals surface area (Å²) < 4.78 is 10.8. The molecule has 0 aromatic heterocycles. The van der Waals surface area contributed by atoms with E-state index < -0.39 is 0 Å². The number of rotatable bonds is 6. The van der Waals surface area contributed by atoms with Crippen LogP contribution in [-0.2, 0) is 14.3 Å². The Morgan fingerprint density at radius 1 is 1.48 bits per heavy atom. The van der Waals surface area contributed by atoms with Crippen LogP contribution in [0.2, 0.25) is 0 Å². The first-order valence-electron chi connectivity index (χ1n) is 7.76. The lowest BCUT2D eigenvalue weighted by Crippen LogP contribution is -2.36. The van der Waals surface area contributed by atoms with Gasteiger partial charge in [-0.1, -0.05) is 19.9 Å². The molecule has 0 radical (unpaired) electrons. The van der Waals surface area contributed by atoms with E-state index in [1.165, 1.54) is 0 Å². The maximum Gasteiger partial charge on any atom is 0.312 e. The molecule has 5 nitrogen and oxygen atoms in total. The quantitative estimate of drug-likeness (QED) is 0.590. The topological polar surface area (TPSA) is 59.0 Å². The number of carbonyl (C=O) groups excluding carboxylic acids is 1. The molecular formula is C16H27NO4. The summed E-state index contributed by atoms with van der Waals surface area (Å²) in [4.78, 5) is 14.5. The van der Waals surface area contributed by atoms with Gasteiger partial charge in [-0.25, -0.2) is 0 Å². The lowest BCUT2D eigenvalue weighted by atomic mass is 9.91. The number of ether oxygens (including phenoxy) is 2. The number of aliphatic hydroxyl groups excluding tert-OH is 1. The van der Waals surface area contributed by atoms with Crippen LogP contribution in [0.1, 0.15) is 27.2 Å². The molecule has 1 saturated heterocycles. The molecule has 2 rings (SSSR count). The summed E-state index contributed by atoms with van der Waals surface area (Å²) in [5, 5.41) is 10.0. The Kier molecular flexibility index (Phi) is 5.41.